The van der Waals surface area contributed by atoms with Gasteiger partial charge in [-0.25, -0.2) is 8.42 Å². The Morgan fingerprint density at radius 3 is 2.48 bits per heavy atom. The van der Waals surface area contributed by atoms with Crippen LogP contribution in [0.3, 0.4) is 0 Å². The predicted molar refractivity (Wildman–Crippen MR) is 84.4 cm³/mol. The molecule has 1 saturated carbocycles. The fraction of sp³-hybridized carbons (Fsp3) is 0.500. The van der Waals surface area contributed by atoms with E-state index in [0.29, 0.717) is 15.6 Å². The number of rotatable bonds is 5. The van der Waals surface area contributed by atoms with Crippen molar-refractivity contribution in [3.63, 3.8) is 0 Å². The monoisotopic (exact) mass is 349 g/mol. The van der Waals surface area contributed by atoms with Crippen molar-refractivity contribution in [1.29, 1.82) is 0 Å². The molecule has 1 aromatic carbocycles. The van der Waals surface area contributed by atoms with E-state index in [1.54, 1.807) is 12.1 Å². The van der Waals surface area contributed by atoms with E-state index < -0.39 is 21.5 Å². The Morgan fingerprint density at radius 2 is 1.86 bits per heavy atom. The molecule has 0 atom stereocenters. The molecular weight excluding hydrogens is 333 g/mol. The van der Waals surface area contributed by atoms with Crippen molar-refractivity contribution in [3.8, 4) is 0 Å². The minimum atomic E-state index is -3.52. The molecule has 21 heavy (non-hydrogen) atoms. The fourth-order valence-electron chi connectivity index (χ4n) is 2.47. The number of nitrogens with one attached hydrogen (secondary N) is 1. The summed E-state index contributed by atoms with van der Waals surface area (Å²) < 4.78 is 24.1. The molecule has 1 aliphatic rings. The Hall–Kier alpha value is -0.780. The van der Waals surface area contributed by atoms with Crippen LogP contribution < -0.4 is 5.32 Å². The normalized spacial score (nSPS) is 16.1. The van der Waals surface area contributed by atoms with Gasteiger partial charge in [-0.05, 0) is 30.5 Å². The molecule has 1 aromatic rings. The average molecular weight is 350 g/mol. The van der Waals surface area contributed by atoms with Gasteiger partial charge >= 0.3 is 0 Å². The van der Waals surface area contributed by atoms with Gasteiger partial charge in [0.25, 0.3) is 0 Å². The molecule has 1 N–H and O–H groups in total. The maximum atomic E-state index is 12.0. The third-order valence-electron chi connectivity index (χ3n) is 3.44. The second kappa shape index (κ2) is 6.99. The van der Waals surface area contributed by atoms with Gasteiger partial charge in [0.1, 0.15) is 5.75 Å². The molecule has 0 aliphatic heterocycles. The molecule has 1 fully saturated rings. The minimum absolute atomic E-state index is 0.123. The van der Waals surface area contributed by atoms with Crippen molar-refractivity contribution in [2.24, 2.45) is 0 Å². The zero-order valence-electron chi connectivity index (χ0n) is 11.4. The van der Waals surface area contributed by atoms with E-state index in [1.165, 1.54) is 6.07 Å². The molecule has 7 heteroatoms. The lowest BCUT2D eigenvalue weighted by Gasteiger charge is -2.12. The Kier molecular flexibility index (Phi) is 5.52. The summed E-state index contributed by atoms with van der Waals surface area (Å²) in [5, 5.41) is 3.45. The molecule has 0 spiro atoms. The molecule has 1 aliphatic carbocycles. The van der Waals surface area contributed by atoms with Gasteiger partial charge in [-0.2, -0.15) is 0 Å². The summed E-state index contributed by atoms with van der Waals surface area (Å²) in [4.78, 5) is 11.8. The van der Waals surface area contributed by atoms with E-state index in [9.17, 15) is 13.2 Å². The first kappa shape index (κ1) is 16.6. The first-order valence-electron chi connectivity index (χ1n) is 6.79. The highest BCUT2D eigenvalue weighted by molar-refractivity contribution is 7.91. The number of carbonyl (C=O) groups excluding carboxylic acids is 1. The average Bonchev–Trinajstić information content (AvgIpc) is 2.85. The molecular formula is C14H17Cl2NO3S. The first-order valence-corrected chi connectivity index (χ1v) is 9.37. The Balaban J connectivity index is 1.94. The summed E-state index contributed by atoms with van der Waals surface area (Å²) in [5.74, 6) is -1.15. The molecule has 0 aromatic heterocycles. The molecule has 116 valence electrons. The van der Waals surface area contributed by atoms with Gasteiger partial charge in [0.05, 0.1) is 15.8 Å². The van der Waals surface area contributed by atoms with E-state index in [0.717, 1.165) is 25.7 Å². The van der Waals surface area contributed by atoms with Gasteiger partial charge < -0.3 is 5.32 Å². The molecule has 4 nitrogen and oxygen atoms in total. The van der Waals surface area contributed by atoms with Crippen LogP contribution in [0.4, 0.5) is 0 Å². The molecule has 0 heterocycles. The number of hydrogen-bond donors (Lipinski definition) is 1. The number of hydrogen-bond acceptors (Lipinski definition) is 3. The smallest absolute Gasteiger partial charge is 0.235 e. The van der Waals surface area contributed by atoms with E-state index in [4.69, 9.17) is 23.2 Å². The quantitative estimate of drug-likeness (QED) is 0.888. The van der Waals surface area contributed by atoms with Crippen LogP contribution in [-0.2, 0) is 20.4 Å². The molecule has 0 saturated heterocycles. The van der Waals surface area contributed by atoms with Crippen LogP contribution in [-0.4, -0.2) is 26.1 Å². The predicted octanol–water partition coefficient (Wildman–Crippen LogP) is 2.97. The molecule has 0 unspecified atom stereocenters. The van der Waals surface area contributed by atoms with Gasteiger partial charge in [-0.15, -0.1) is 0 Å². The highest BCUT2D eigenvalue weighted by atomic mass is 35.5. The Bertz CT molecular complexity index is 625. The summed E-state index contributed by atoms with van der Waals surface area (Å²) in [6, 6.07) is 4.78. The van der Waals surface area contributed by atoms with E-state index in [2.05, 4.69) is 5.32 Å². The van der Waals surface area contributed by atoms with Gasteiger partial charge in [0.2, 0.25) is 5.91 Å². The second-order valence-corrected chi connectivity index (χ2v) is 8.21. The van der Waals surface area contributed by atoms with Crippen LogP contribution >= 0.6 is 23.2 Å². The Morgan fingerprint density at radius 1 is 1.19 bits per heavy atom. The molecule has 2 rings (SSSR count). The summed E-state index contributed by atoms with van der Waals surface area (Å²) in [7, 11) is -3.52. The van der Waals surface area contributed by atoms with Crippen LogP contribution in [0.2, 0.25) is 10.0 Å². The van der Waals surface area contributed by atoms with Gasteiger partial charge in [0, 0.05) is 6.04 Å². The third-order valence-corrected chi connectivity index (χ3v) is 5.66. The lowest BCUT2D eigenvalue weighted by atomic mass is 10.2. The number of carbonyl (C=O) groups is 1. The maximum absolute atomic E-state index is 12.0. The zero-order chi connectivity index (χ0) is 15.5. The van der Waals surface area contributed by atoms with Crippen LogP contribution in [0, 0.1) is 0 Å². The van der Waals surface area contributed by atoms with Crippen molar-refractivity contribution in [2.45, 2.75) is 37.5 Å². The van der Waals surface area contributed by atoms with E-state index >= 15 is 0 Å². The molecule has 0 radical (unpaired) electrons. The fourth-order valence-corrected chi connectivity index (χ4v) is 4.07. The number of amides is 1. The largest absolute Gasteiger partial charge is 0.352 e. The van der Waals surface area contributed by atoms with Crippen LogP contribution in [0.25, 0.3) is 0 Å². The lowest BCUT2D eigenvalue weighted by Crippen LogP contribution is -2.37. The van der Waals surface area contributed by atoms with Crippen molar-refractivity contribution in [2.75, 3.05) is 5.75 Å². The van der Waals surface area contributed by atoms with Gasteiger partial charge in [-0.3, -0.25) is 4.79 Å². The highest BCUT2D eigenvalue weighted by Gasteiger charge is 2.22. The van der Waals surface area contributed by atoms with Crippen molar-refractivity contribution in [3.05, 3.63) is 33.8 Å². The number of benzene rings is 1. The topological polar surface area (TPSA) is 63.2 Å². The van der Waals surface area contributed by atoms with Crippen molar-refractivity contribution < 1.29 is 13.2 Å². The maximum Gasteiger partial charge on any atom is 0.235 e. The summed E-state index contributed by atoms with van der Waals surface area (Å²) in [5.41, 5.74) is 0.526. The van der Waals surface area contributed by atoms with Gasteiger partial charge in [0.15, 0.2) is 9.84 Å². The van der Waals surface area contributed by atoms with Crippen LogP contribution in [0.5, 0.6) is 0 Å². The highest BCUT2D eigenvalue weighted by Crippen LogP contribution is 2.23. The number of sulfone groups is 1. The van der Waals surface area contributed by atoms with Crippen molar-refractivity contribution >= 4 is 38.9 Å². The van der Waals surface area contributed by atoms with Gasteiger partial charge in [-0.1, -0.05) is 42.1 Å². The molecule has 0 bridgehead atoms. The second-order valence-electron chi connectivity index (χ2n) is 5.33. The minimum Gasteiger partial charge on any atom is -0.352 e. The number of halogens is 2. The third kappa shape index (κ3) is 5.16. The molecule has 1 amide bonds. The lowest BCUT2D eigenvalue weighted by molar-refractivity contribution is -0.119. The van der Waals surface area contributed by atoms with E-state index in [-0.39, 0.29) is 11.8 Å². The van der Waals surface area contributed by atoms with Crippen LogP contribution in [0.1, 0.15) is 31.2 Å². The van der Waals surface area contributed by atoms with Crippen molar-refractivity contribution in [1.82, 2.24) is 5.32 Å². The Labute approximate surface area is 134 Å². The first-order chi connectivity index (χ1) is 9.85. The summed E-state index contributed by atoms with van der Waals surface area (Å²) >= 11 is 11.6. The summed E-state index contributed by atoms with van der Waals surface area (Å²) in [6.07, 6.45) is 4.03. The standard InChI is InChI=1S/C14H17Cl2NO3S/c15-12-6-5-10(7-13(12)16)8-21(19,20)9-14(18)17-11-3-1-2-4-11/h5-7,11H,1-4,8-9H2,(H,17,18). The van der Waals surface area contributed by atoms with E-state index in [1.807, 2.05) is 0 Å². The SMILES string of the molecule is O=C(CS(=O)(=O)Cc1ccc(Cl)c(Cl)c1)NC1CCCC1. The van der Waals surface area contributed by atoms with Crippen LogP contribution in [0.15, 0.2) is 18.2 Å². The summed E-state index contributed by atoms with van der Waals surface area (Å²) in [6.45, 7) is 0. The zero-order valence-corrected chi connectivity index (χ0v) is 13.8.